The van der Waals surface area contributed by atoms with Crippen molar-refractivity contribution in [1.82, 2.24) is 5.32 Å². The molecule has 2 aliphatic rings. The number of allylic oxidation sites excluding steroid dienone is 3. The number of Topliss-reactive ketones (excluding diaryl/α,β-unsaturated/α-hetero) is 1. The fraction of sp³-hybridized carbons (Fsp3) is 0.304. The molecule has 0 unspecified atom stereocenters. The van der Waals surface area contributed by atoms with Crippen LogP contribution in [0.2, 0.25) is 5.02 Å². The molecule has 2 aromatic rings. The van der Waals surface area contributed by atoms with Crippen LogP contribution in [0.25, 0.3) is 0 Å². The Morgan fingerprint density at radius 3 is 2.72 bits per heavy atom. The second-order valence-corrected chi connectivity index (χ2v) is 7.68. The van der Waals surface area contributed by atoms with Gasteiger partial charge in [0.1, 0.15) is 5.76 Å². The lowest BCUT2D eigenvalue weighted by atomic mass is 9.72. The van der Waals surface area contributed by atoms with E-state index in [0.717, 1.165) is 17.0 Å². The molecular weight excluding hydrogens is 390 g/mol. The molecule has 4 rings (SSSR count). The first-order valence-corrected chi connectivity index (χ1v) is 10.1. The zero-order valence-corrected chi connectivity index (χ0v) is 17.1. The summed E-state index contributed by atoms with van der Waals surface area (Å²) in [6, 6.07) is 11.1. The average Bonchev–Trinajstić information content (AvgIpc) is 3.22. The van der Waals surface area contributed by atoms with E-state index in [9.17, 15) is 9.59 Å². The number of carbonyl (C=O) groups excluding carboxylic acids is 2. The van der Waals surface area contributed by atoms with E-state index in [0.29, 0.717) is 34.7 Å². The zero-order valence-electron chi connectivity index (χ0n) is 16.3. The number of nitrogens with one attached hydrogen (secondary N) is 1. The van der Waals surface area contributed by atoms with E-state index in [1.54, 1.807) is 19.3 Å². The highest BCUT2D eigenvalue weighted by Gasteiger charge is 2.42. The minimum Gasteiger partial charge on any atom is -0.469 e. The molecule has 29 heavy (non-hydrogen) atoms. The molecule has 0 amide bonds. The Hall–Kier alpha value is -2.79. The van der Waals surface area contributed by atoms with E-state index in [1.807, 2.05) is 37.3 Å². The standard InChI is InChI=1S/C23H22ClNO4/c1-3-28-23(27)20-13(2)25-17-11-14(19-9-6-10-29-19)12-18(26)22(17)21(20)15-7-4-5-8-16(15)24/h4-10,14,21,25H,3,11-12H2,1-2H3/t14-,21-/m0/s1. The van der Waals surface area contributed by atoms with E-state index >= 15 is 0 Å². The molecule has 5 nitrogen and oxygen atoms in total. The number of carbonyl (C=O) groups is 2. The van der Waals surface area contributed by atoms with Crippen molar-refractivity contribution in [3.05, 3.63) is 81.5 Å². The molecule has 2 heterocycles. The number of hydrogen-bond acceptors (Lipinski definition) is 5. The molecule has 0 fully saturated rings. The van der Waals surface area contributed by atoms with Gasteiger partial charge in [0.25, 0.3) is 0 Å². The summed E-state index contributed by atoms with van der Waals surface area (Å²) < 4.78 is 10.8. The first-order chi connectivity index (χ1) is 14.0. The number of esters is 1. The van der Waals surface area contributed by atoms with Gasteiger partial charge in [0.15, 0.2) is 5.78 Å². The Bertz CT molecular complexity index is 1020. The number of rotatable bonds is 4. The SMILES string of the molecule is CCOC(=O)C1=C(C)NC2=C(C(=O)C[C@@H](c3ccco3)C2)[C@H]1c1ccccc1Cl. The smallest absolute Gasteiger partial charge is 0.336 e. The van der Waals surface area contributed by atoms with Crippen LogP contribution in [0, 0.1) is 0 Å². The molecule has 0 spiro atoms. The molecule has 0 bridgehead atoms. The van der Waals surface area contributed by atoms with Gasteiger partial charge in [-0.15, -0.1) is 0 Å². The van der Waals surface area contributed by atoms with Crippen LogP contribution in [-0.2, 0) is 14.3 Å². The Kier molecular flexibility index (Phi) is 5.33. The molecule has 0 saturated heterocycles. The number of halogens is 1. The lowest BCUT2D eigenvalue weighted by Gasteiger charge is -2.36. The van der Waals surface area contributed by atoms with Crippen molar-refractivity contribution in [2.45, 2.75) is 38.5 Å². The summed E-state index contributed by atoms with van der Waals surface area (Å²) in [4.78, 5) is 26.1. The van der Waals surface area contributed by atoms with Gasteiger partial charge in [-0.05, 0) is 44.0 Å². The van der Waals surface area contributed by atoms with Crippen molar-refractivity contribution in [1.29, 1.82) is 0 Å². The number of dihydropyridines is 1. The van der Waals surface area contributed by atoms with Crippen LogP contribution in [0.15, 0.2) is 69.6 Å². The van der Waals surface area contributed by atoms with Gasteiger partial charge < -0.3 is 14.5 Å². The number of ketones is 1. The lowest BCUT2D eigenvalue weighted by molar-refractivity contribution is -0.138. The van der Waals surface area contributed by atoms with Crippen molar-refractivity contribution in [2.75, 3.05) is 6.61 Å². The van der Waals surface area contributed by atoms with Crippen molar-refractivity contribution >= 4 is 23.4 Å². The summed E-state index contributed by atoms with van der Waals surface area (Å²) in [5, 5.41) is 3.82. The first kappa shape index (κ1) is 19.5. The average molecular weight is 412 g/mol. The topological polar surface area (TPSA) is 68.5 Å². The number of hydrogen-bond donors (Lipinski definition) is 1. The van der Waals surface area contributed by atoms with Crippen LogP contribution < -0.4 is 5.32 Å². The molecule has 1 N–H and O–H groups in total. The Labute approximate surface area is 174 Å². The normalized spacial score (nSPS) is 21.7. The quantitative estimate of drug-likeness (QED) is 0.728. The molecule has 1 aliphatic heterocycles. The fourth-order valence-electron chi connectivity index (χ4n) is 4.26. The predicted molar refractivity (Wildman–Crippen MR) is 109 cm³/mol. The molecule has 2 atom stereocenters. The van der Waals surface area contributed by atoms with Crippen LogP contribution in [0.4, 0.5) is 0 Å². The second-order valence-electron chi connectivity index (χ2n) is 7.27. The van der Waals surface area contributed by atoms with Crippen molar-refractivity contribution in [2.24, 2.45) is 0 Å². The summed E-state index contributed by atoms with van der Waals surface area (Å²) in [6.07, 6.45) is 2.57. The van der Waals surface area contributed by atoms with Gasteiger partial charge in [-0.1, -0.05) is 29.8 Å². The lowest BCUT2D eigenvalue weighted by Crippen LogP contribution is -2.36. The highest BCUT2D eigenvalue weighted by Crippen LogP contribution is 2.47. The van der Waals surface area contributed by atoms with Crippen LogP contribution in [-0.4, -0.2) is 18.4 Å². The molecule has 1 aromatic carbocycles. The third-order valence-corrected chi connectivity index (χ3v) is 5.83. The maximum atomic E-state index is 13.3. The van der Waals surface area contributed by atoms with Gasteiger partial charge in [-0.3, -0.25) is 4.79 Å². The van der Waals surface area contributed by atoms with E-state index in [2.05, 4.69) is 5.32 Å². The molecule has 6 heteroatoms. The maximum Gasteiger partial charge on any atom is 0.336 e. The number of ether oxygens (including phenoxy) is 1. The van der Waals surface area contributed by atoms with Gasteiger partial charge in [0.05, 0.1) is 18.4 Å². The molecule has 0 saturated carbocycles. The van der Waals surface area contributed by atoms with E-state index in [4.69, 9.17) is 20.8 Å². The molecule has 150 valence electrons. The highest BCUT2D eigenvalue weighted by molar-refractivity contribution is 6.31. The Balaban J connectivity index is 1.83. The highest BCUT2D eigenvalue weighted by atomic mass is 35.5. The largest absolute Gasteiger partial charge is 0.469 e. The molecule has 0 radical (unpaired) electrons. The molecular formula is C23H22ClNO4. The van der Waals surface area contributed by atoms with Crippen LogP contribution in [0.3, 0.4) is 0 Å². The summed E-state index contributed by atoms with van der Waals surface area (Å²) in [5.74, 6) is -0.246. The maximum absolute atomic E-state index is 13.3. The van der Waals surface area contributed by atoms with Gasteiger partial charge >= 0.3 is 5.97 Å². The van der Waals surface area contributed by atoms with Gasteiger partial charge in [0.2, 0.25) is 0 Å². The molecule has 1 aliphatic carbocycles. The van der Waals surface area contributed by atoms with Gasteiger partial charge in [0, 0.05) is 40.2 Å². The summed E-state index contributed by atoms with van der Waals surface area (Å²) in [5.41, 5.74) is 3.26. The third kappa shape index (κ3) is 3.51. The van der Waals surface area contributed by atoms with Crippen LogP contribution in [0.5, 0.6) is 0 Å². The van der Waals surface area contributed by atoms with E-state index < -0.39 is 11.9 Å². The van der Waals surface area contributed by atoms with Crippen LogP contribution in [0.1, 0.15) is 49.8 Å². The van der Waals surface area contributed by atoms with Crippen molar-refractivity contribution < 1.29 is 18.7 Å². The number of benzene rings is 1. The van der Waals surface area contributed by atoms with Gasteiger partial charge in [-0.2, -0.15) is 0 Å². The Morgan fingerprint density at radius 2 is 2.03 bits per heavy atom. The predicted octanol–water partition coefficient (Wildman–Crippen LogP) is 4.86. The minimum absolute atomic E-state index is 0.0145. The summed E-state index contributed by atoms with van der Waals surface area (Å²) >= 11 is 6.50. The monoisotopic (exact) mass is 411 g/mol. The van der Waals surface area contributed by atoms with E-state index in [1.165, 1.54) is 0 Å². The first-order valence-electron chi connectivity index (χ1n) is 9.70. The van der Waals surface area contributed by atoms with E-state index in [-0.39, 0.29) is 18.3 Å². The summed E-state index contributed by atoms with van der Waals surface area (Å²) in [6.45, 7) is 3.85. The Morgan fingerprint density at radius 1 is 1.24 bits per heavy atom. The molecule has 1 aromatic heterocycles. The van der Waals surface area contributed by atoms with Crippen molar-refractivity contribution in [3.8, 4) is 0 Å². The number of furan rings is 1. The summed E-state index contributed by atoms with van der Waals surface area (Å²) in [7, 11) is 0. The van der Waals surface area contributed by atoms with Crippen LogP contribution >= 0.6 is 11.6 Å². The second kappa shape index (κ2) is 7.91. The van der Waals surface area contributed by atoms with Crippen molar-refractivity contribution in [3.63, 3.8) is 0 Å². The fourth-order valence-corrected chi connectivity index (χ4v) is 4.51. The minimum atomic E-state index is -0.552. The zero-order chi connectivity index (χ0) is 20.5. The van der Waals surface area contributed by atoms with Gasteiger partial charge in [-0.25, -0.2) is 4.79 Å². The third-order valence-electron chi connectivity index (χ3n) is 5.48.